The Hall–Kier alpha value is -1.23. The van der Waals surface area contributed by atoms with E-state index < -0.39 is 0 Å². The fraction of sp³-hybridized carbons (Fsp3) is 0.667. The second-order valence-corrected chi connectivity index (χ2v) is 8.34. The summed E-state index contributed by atoms with van der Waals surface area (Å²) in [6.07, 6.45) is 7.93. The molecule has 1 aliphatic carbocycles. The van der Waals surface area contributed by atoms with Crippen LogP contribution in [0.2, 0.25) is 0 Å². The van der Waals surface area contributed by atoms with Gasteiger partial charge in [-0.25, -0.2) is 9.98 Å². The number of thiazole rings is 1. The Bertz CT molecular complexity index is 749. The molecule has 0 amide bonds. The van der Waals surface area contributed by atoms with Crippen molar-refractivity contribution in [1.82, 2.24) is 30.0 Å². The zero-order chi connectivity index (χ0) is 18.5. The van der Waals surface area contributed by atoms with E-state index in [9.17, 15) is 0 Å². The van der Waals surface area contributed by atoms with E-state index in [4.69, 9.17) is 4.99 Å². The summed E-state index contributed by atoms with van der Waals surface area (Å²) in [5.74, 6) is 2.75. The summed E-state index contributed by atoms with van der Waals surface area (Å²) in [5, 5.41) is 13.2. The molecule has 9 heteroatoms. The predicted octanol–water partition coefficient (Wildman–Crippen LogP) is 3.07. The minimum absolute atomic E-state index is 0. The molecule has 1 N–H and O–H groups in total. The summed E-state index contributed by atoms with van der Waals surface area (Å²) in [4.78, 5) is 12.8. The van der Waals surface area contributed by atoms with Crippen molar-refractivity contribution < 1.29 is 0 Å². The van der Waals surface area contributed by atoms with Crippen LogP contribution in [-0.2, 0) is 20.0 Å². The summed E-state index contributed by atoms with van der Waals surface area (Å²) in [6.45, 7) is 5.48. The Morgan fingerprint density at radius 2 is 2.07 bits per heavy atom. The van der Waals surface area contributed by atoms with Gasteiger partial charge < -0.3 is 14.8 Å². The van der Waals surface area contributed by atoms with Gasteiger partial charge in [-0.1, -0.05) is 12.8 Å². The predicted molar refractivity (Wildman–Crippen MR) is 121 cm³/mol. The van der Waals surface area contributed by atoms with Gasteiger partial charge in [-0.3, -0.25) is 0 Å². The van der Waals surface area contributed by atoms with Crippen LogP contribution in [0.3, 0.4) is 0 Å². The number of aromatic nitrogens is 4. The average molecular weight is 503 g/mol. The standard InChI is InChI=1S/C18H29N7S.HI/c1-13-11-19-17(26-13)9-10-24(3)18(21-15-7-5-6-8-15)20-12-16-23-22-14(2)25(16)4;/h11,15H,5-10,12H2,1-4H3,(H,20,21);1H. The highest BCUT2D eigenvalue weighted by Crippen LogP contribution is 2.18. The van der Waals surface area contributed by atoms with Crippen molar-refractivity contribution in [2.24, 2.45) is 12.0 Å². The van der Waals surface area contributed by atoms with Crippen LogP contribution in [0.5, 0.6) is 0 Å². The van der Waals surface area contributed by atoms with Gasteiger partial charge in [0.15, 0.2) is 11.8 Å². The van der Waals surface area contributed by atoms with Crippen molar-refractivity contribution in [1.29, 1.82) is 0 Å². The number of likely N-dealkylation sites (N-methyl/N-ethyl adjacent to an activating group) is 1. The van der Waals surface area contributed by atoms with Gasteiger partial charge in [0, 0.05) is 44.2 Å². The molecule has 0 spiro atoms. The fourth-order valence-corrected chi connectivity index (χ4v) is 3.93. The molecule has 3 rings (SSSR count). The molecule has 2 aromatic rings. The number of guanidine groups is 1. The molecule has 27 heavy (non-hydrogen) atoms. The molecule has 2 heterocycles. The smallest absolute Gasteiger partial charge is 0.194 e. The first-order valence-electron chi connectivity index (χ1n) is 9.31. The summed E-state index contributed by atoms with van der Waals surface area (Å²) in [6, 6.07) is 0.527. The molecule has 1 fully saturated rings. The number of aryl methyl sites for hydroxylation is 2. The SMILES string of the molecule is Cc1cnc(CCN(C)C(=NCc2nnc(C)n2C)NC2CCCC2)s1.I. The number of rotatable bonds is 6. The van der Waals surface area contributed by atoms with Crippen LogP contribution in [0.1, 0.15) is 47.2 Å². The van der Waals surface area contributed by atoms with Gasteiger partial charge >= 0.3 is 0 Å². The van der Waals surface area contributed by atoms with E-state index in [1.165, 1.54) is 35.6 Å². The van der Waals surface area contributed by atoms with Crippen LogP contribution in [0.4, 0.5) is 0 Å². The van der Waals surface area contributed by atoms with E-state index in [-0.39, 0.29) is 24.0 Å². The molecule has 1 saturated carbocycles. The maximum atomic E-state index is 4.84. The molecule has 0 radical (unpaired) electrons. The van der Waals surface area contributed by atoms with Crippen molar-refractivity contribution in [3.05, 3.63) is 27.7 Å². The third kappa shape index (κ3) is 6.13. The molecule has 0 unspecified atom stereocenters. The summed E-state index contributed by atoms with van der Waals surface area (Å²) in [7, 11) is 4.09. The molecule has 0 atom stereocenters. The van der Waals surface area contributed by atoms with Crippen LogP contribution in [-0.4, -0.2) is 50.2 Å². The molecule has 7 nitrogen and oxygen atoms in total. The third-order valence-electron chi connectivity index (χ3n) is 4.93. The van der Waals surface area contributed by atoms with Crippen molar-refractivity contribution in [2.45, 2.75) is 58.5 Å². The van der Waals surface area contributed by atoms with E-state index >= 15 is 0 Å². The van der Waals surface area contributed by atoms with Gasteiger partial charge in [0.1, 0.15) is 12.4 Å². The lowest BCUT2D eigenvalue weighted by Gasteiger charge is -2.25. The number of nitrogens with zero attached hydrogens (tertiary/aromatic N) is 6. The molecule has 150 valence electrons. The first-order valence-corrected chi connectivity index (χ1v) is 10.1. The number of nitrogens with one attached hydrogen (secondary N) is 1. The third-order valence-corrected chi connectivity index (χ3v) is 5.91. The monoisotopic (exact) mass is 503 g/mol. The molecule has 0 bridgehead atoms. The highest BCUT2D eigenvalue weighted by atomic mass is 127. The Balaban J connectivity index is 0.00000261. The molecular formula is C18H30IN7S. The second-order valence-electron chi connectivity index (χ2n) is 7.02. The Labute approximate surface area is 182 Å². The van der Waals surface area contributed by atoms with Crippen molar-refractivity contribution in [2.75, 3.05) is 13.6 Å². The van der Waals surface area contributed by atoms with Gasteiger partial charge in [-0.05, 0) is 26.7 Å². The van der Waals surface area contributed by atoms with Crippen LogP contribution >= 0.6 is 35.3 Å². The number of hydrogen-bond donors (Lipinski definition) is 1. The average Bonchev–Trinajstić information content (AvgIpc) is 3.35. The summed E-state index contributed by atoms with van der Waals surface area (Å²) >= 11 is 1.77. The maximum Gasteiger partial charge on any atom is 0.194 e. The van der Waals surface area contributed by atoms with E-state index in [1.54, 1.807) is 11.3 Å². The van der Waals surface area contributed by atoms with Crippen LogP contribution in [0.15, 0.2) is 11.2 Å². The highest BCUT2D eigenvalue weighted by Gasteiger charge is 2.18. The minimum atomic E-state index is 0. The summed E-state index contributed by atoms with van der Waals surface area (Å²) < 4.78 is 2.00. The minimum Gasteiger partial charge on any atom is -0.354 e. The van der Waals surface area contributed by atoms with Crippen molar-refractivity contribution in [3.63, 3.8) is 0 Å². The zero-order valence-corrected chi connectivity index (χ0v) is 19.8. The number of halogens is 1. The quantitative estimate of drug-likeness (QED) is 0.373. The van der Waals surface area contributed by atoms with E-state index in [0.717, 1.165) is 30.6 Å². The highest BCUT2D eigenvalue weighted by molar-refractivity contribution is 14.0. The summed E-state index contributed by atoms with van der Waals surface area (Å²) in [5.41, 5.74) is 0. The second kappa shape index (κ2) is 10.4. The lowest BCUT2D eigenvalue weighted by molar-refractivity contribution is 0.463. The first kappa shape index (κ1) is 22.1. The number of hydrogen-bond acceptors (Lipinski definition) is 5. The largest absolute Gasteiger partial charge is 0.354 e. The molecule has 2 aromatic heterocycles. The van der Waals surface area contributed by atoms with E-state index in [0.29, 0.717) is 12.6 Å². The van der Waals surface area contributed by atoms with Gasteiger partial charge in [0.25, 0.3) is 0 Å². The zero-order valence-electron chi connectivity index (χ0n) is 16.6. The lowest BCUT2D eigenvalue weighted by atomic mass is 10.2. The van der Waals surface area contributed by atoms with Crippen LogP contribution < -0.4 is 5.32 Å². The van der Waals surface area contributed by atoms with Gasteiger partial charge in [0.2, 0.25) is 0 Å². The van der Waals surface area contributed by atoms with Gasteiger partial charge in [-0.2, -0.15) is 0 Å². The molecule has 1 aliphatic rings. The Morgan fingerprint density at radius 3 is 2.67 bits per heavy atom. The Morgan fingerprint density at radius 1 is 1.33 bits per heavy atom. The molecule has 0 saturated heterocycles. The lowest BCUT2D eigenvalue weighted by Crippen LogP contribution is -2.44. The Kier molecular flexibility index (Phi) is 8.46. The fourth-order valence-electron chi connectivity index (χ4n) is 3.15. The van der Waals surface area contributed by atoms with E-state index in [2.05, 4.69) is 39.4 Å². The van der Waals surface area contributed by atoms with Gasteiger partial charge in [0.05, 0.1) is 5.01 Å². The topological polar surface area (TPSA) is 71.2 Å². The van der Waals surface area contributed by atoms with Crippen molar-refractivity contribution in [3.8, 4) is 0 Å². The van der Waals surface area contributed by atoms with Crippen LogP contribution in [0, 0.1) is 13.8 Å². The van der Waals surface area contributed by atoms with Gasteiger partial charge in [-0.15, -0.1) is 45.5 Å². The number of aliphatic imine (C=N–C) groups is 1. The maximum absolute atomic E-state index is 4.84. The van der Waals surface area contributed by atoms with Crippen molar-refractivity contribution >= 4 is 41.3 Å². The van der Waals surface area contributed by atoms with Crippen LogP contribution in [0.25, 0.3) is 0 Å². The first-order chi connectivity index (χ1) is 12.5. The molecule has 0 aromatic carbocycles. The normalized spacial score (nSPS) is 15.0. The molecular weight excluding hydrogens is 473 g/mol. The molecule has 0 aliphatic heterocycles. The van der Waals surface area contributed by atoms with E-state index in [1.807, 2.05) is 24.7 Å².